The van der Waals surface area contributed by atoms with E-state index in [2.05, 4.69) is 28.7 Å². The lowest BCUT2D eigenvalue weighted by molar-refractivity contribution is 0.0513. The molecule has 0 unspecified atom stereocenters. The highest BCUT2D eigenvalue weighted by atomic mass is 32.1. The number of hydrogen-bond acceptors (Lipinski definition) is 6. The highest BCUT2D eigenvalue weighted by molar-refractivity contribution is 7.17. The van der Waals surface area contributed by atoms with Crippen molar-refractivity contribution in [3.8, 4) is 0 Å². The maximum absolute atomic E-state index is 11.5. The number of ether oxygens (including phenoxy) is 2. The van der Waals surface area contributed by atoms with E-state index in [0.29, 0.717) is 19.0 Å². The van der Waals surface area contributed by atoms with E-state index >= 15 is 0 Å². The van der Waals surface area contributed by atoms with Gasteiger partial charge in [-0.2, -0.15) is 0 Å². The largest absolute Gasteiger partial charge is 0.461 e. The predicted octanol–water partition coefficient (Wildman–Crippen LogP) is 3.78. The monoisotopic (exact) mass is 317 g/mol. The molecule has 22 heavy (non-hydrogen) atoms. The molecule has 114 valence electrons. The first kappa shape index (κ1) is 14.7. The lowest BCUT2D eigenvalue weighted by atomic mass is 10.2. The lowest BCUT2D eigenvalue weighted by Crippen LogP contribution is -2.04. The van der Waals surface area contributed by atoms with Crippen molar-refractivity contribution in [2.24, 2.45) is 0 Å². The van der Waals surface area contributed by atoms with Crippen LogP contribution in [0.15, 0.2) is 40.2 Å². The molecule has 3 aromatic rings. The van der Waals surface area contributed by atoms with Gasteiger partial charge in [0.25, 0.3) is 0 Å². The predicted molar refractivity (Wildman–Crippen MR) is 82.8 cm³/mol. The molecule has 5 nitrogen and oxygen atoms in total. The summed E-state index contributed by atoms with van der Waals surface area (Å²) in [4.78, 5) is 11.5. The zero-order chi connectivity index (χ0) is 15.4. The van der Waals surface area contributed by atoms with Crippen molar-refractivity contribution < 1.29 is 18.8 Å². The first-order valence-electron chi connectivity index (χ1n) is 6.93. The van der Waals surface area contributed by atoms with Crippen molar-refractivity contribution in [3.63, 3.8) is 0 Å². The van der Waals surface area contributed by atoms with E-state index in [-0.39, 0.29) is 12.3 Å². The van der Waals surface area contributed by atoms with Crippen LogP contribution in [0.3, 0.4) is 0 Å². The first-order valence-corrected chi connectivity index (χ1v) is 7.81. The van der Waals surface area contributed by atoms with Gasteiger partial charge in [0.2, 0.25) is 0 Å². The van der Waals surface area contributed by atoms with Gasteiger partial charge in [-0.05, 0) is 41.5 Å². The summed E-state index contributed by atoms with van der Waals surface area (Å²) in [6.07, 6.45) is 0. The number of carbonyl (C=O) groups excluding carboxylic acids is 1. The summed E-state index contributed by atoms with van der Waals surface area (Å²) in [5, 5.41) is 6.95. The molecule has 1 aromatic carbocycles. The molecule has 0 atom stereocenters. The van der Waals surface area contributed by atoms with Gasteiger partial charge >= 0.3 is 5.97 Å². The van der Waals surface area contributed by atoms with E-state index in [4.69, 9.17) is 14.0 Å². The van der Waals surface area contributed by atoms with Gasteiger partial charge in [-0.25, -0.2) is 4.79 Å². The lowest BCUT2D eigenvalue weighted by Gasteiger charge is -2.02. The van der Waals surface area contributed by atoms with Gasteiger partial charge in [0, 0.05) is 10.8 Å². The van der Waals surface area contributed by atoms with Crippen LogP contribution in [0, 0.1) is 0 Å². The molecule has 0 aliphatic heterocycles. The van der Waals surface area contributed by atoms with E-state index in [1.165, 1.54) is 10.1 Å². The van der Waals surface area contributed by atoms with Gasteiger partial charge in [-0.3, -0.25) is 0 Å². The quantitative estimate of drug-likeness (QED) is 0.647. The van der Waals surface area contributed by atoms with Crippen molar-refractivity contribution >= 4 is 27.4 Å². The fourth-order valence-corrected chi connectivity index (χ4v) is 2.83. The van der Waals surface area contributed by atoms with Gasteiger partial charge < -0.3 is 14.0 Å². The summed E-state index contributed by atoms with van der Waals surface area (Å²) in [6, 6.07) is 9.87. The van der Waals surface area contributed by atoms with Crippen molar-refractivity contribution in [1.29, 1.82) is 0 Å². The first-order chi connectivity index (χ1) is 10.8. The standard InChI is InChI=1S/C16H15NO4S/c1-2-20-16(18)14-8-13(21-17-14)10-19-9-11-3-4-15-12(7-11)5-6-22-15/h3-8H,2,9-10H2,1H3. The molecule has 2 heterocycles. The molecular formula is C16H15NO4S. The van der Waals surface area contributed by atoms with Crippen LogP contribution in [0.1, 0.15) is 28.7 Å². The van der Waals surface area contributed by atoms with Crippen LogP contribution >= 0.6 is 11.3 Å². The van der Waals surface area contributed by atoms with Gasteiger partial charge in [0.15, 0.2) is 11.5 Å². The third-order valence-electron chi connectivity index (χ3n) is 3.07. The fourth-order valence-electron chi connectivity index (χ4n) is 2.06. The second-order valence-electron chi connectivity index (χ2n) is 4.68. The minimum absolute atomic E-state index is 0.167. The van der Waals surface area contributed by atoms with Crippen LogP contribution in [0.25, 0.3) is 10.1 Å². The van der Waals surface area contributed by atoms with E-state index in [1.54, 1.807) is 24.3 Å². The maximum Gasteiger partial charge on any atom is 0.360 e. The molecule has 0 N–H and O–H groups in total. The number of aromatic nitrogens is 1. The van der Waals surface area contributed by atoms with Crippen LogP contribution in [-0.4, -0.2) is 17.7 Å². The summed E-state index contributed by atoms with van der Waals surface area (Å²) in [6.45, 7) is 2.78. The van der Waals surface area contributed by atoms with Gasteiger partial charge in [-0.15, -0.1) is 11.3 Å². The summed E-state index contributed by atoms with van der Waals surface area (Å²) in [7, 11) is 0. The number of rotatable bonds is 6. The Bertz CT molecular complexity index is 777. The average molecular weight is 317 g/mol. The zero-order valence-corrected chi connectivity index (χ0v) is 12.9. The van der Waals surface area contributed by atoms with E-state index < -0.39 is 5.97 Å². The topological polar surface area (TPSA) is 61.6 Å². The SMILES string of the molecule is CCOC(=O)c1cc(COCc2ccc3sccc3c2)on1. The third-order valence-corrected chi connectivity index (χ3v) is 3.97. The Morgan fingerprint density at radius 1 is 1.27 bits per heavy atom. The van der Waals surface area contributed by atoms with Crippen LogP contribution in [0.4, 0.5) is 0 Å². The molecule has 3 rings (SSSR count). The number of nitrogens with zero attached hydrogens (tertiary/aromatic N) is 1. The molecule has 2 aromatic heterocycles. The number of esters is 1. The van der Waals surface area contributed by atoms with Crippen LogP contribution < -0.4 is 0 Å². The van der Waals surface area contributed by atoms with Crippen LogP contribution in [0.5, 0.6) is 0 Å². The van der Waals surface area contributed by atoms with Crippen molar-refractivity contribution in [2.45, 2.75) is 20.1 Å². The zero-order valence-electron chi connectivity index (χ0n) is 12.1. The second kappa shape index (κ2) is 6.72. The summed E-state index contributed by atoms with van der Waals surface area (Å²) >= 11 is 1.72. The van der Waals surface area contributed by atoms with Crippen molar-refractivity contribution in [3.05, 3.63) is 52.7 Å². The summed E-state index contributed by atoms with van der Waals surface area (Å²) in [5.41, 5.74) is 1.26. The molecule has 0 spiro atoms. The fraction of sp³-hybridized carbons (Fsp3) is 0.250. The minimum atomic E-state index is -0.486. The molecule has 6 heteroatoms. The maximum atomic E-state index is 11.5. The van der Waals surface area contributed by atoms with Crippen LogP contribution in [-0.2, 0) is 22.7 Å². The molecule has 0 amide bonds. The van der Waals surface area contributed by atoms with Crippen LogP contribution in [0.2, 0.25) is 0 Å². The summed E-state index contributed by atoms with van der Waals surface area (Å²) < 4.78 is 16.8. The third kappa shape index (κ3) is 3.35. The molecule has 0 bridgehead atoms. The Kier molecular flexibility index (Phi) is 4.50. The Labute approximate surface area is 131 Å². The molecule has 0 radical (unpaired) electrons. The Hall–Kier alpha value is -2.18. The Morgan fingerprint density at radius 2 is 2.18 bits per heavy atom. The minimum Gasteiger partial charge on any atom is -0.461 e. The van der Waals surface area contributed by atoms with E-state index in [1.807, 2.05) is 6.07 Å². The highest BCUT2D eigenvalue weighted by Gasteiger charge is 2.13. The molecule has 0 aliphatic rings. The smallest absolute Gasteiger partial charge is 0.360 e. The number of benzene rings is 1. The molecule has 0 saturated carbocycles. The number of fused-ring (bicyclic) bond motifs is 1. The van der Waals surface area contributed by atoms with Gasteiger partial charge in [0.1, 0.15) is 6.61 Å². The summed E-state index contributed by atoms with van der Waals surface area (Å²) in [5.74, 6) is 0.0140. The van der Waals surface area contributed by atoms with Gasteiger partial charge in [-0.1, -0.05) is 11.2 Å². The van der Waals surface area contributed by atoms with E-state index in [0.717, 1.165) is 5.56 Å². The number of thiophene rings is 1. The number of hydrogen-bond donors (Lipinski definition) is 0. The normalized spacial score (nSPS) is 11.0. The number of carbonyl (C=O) groups is 1. The van der Waals surface area contributed by atoms with Gasteiger partial charge in [0.05, 0.1) is 13.2 Å². The highest BCUT2D eigenvalue weighted by Crippen LogP contribution is 2.22. The molecule has 0 fully saturated rings. The Balaban J connectivity index is 1.55. The second-order valence-corrected chi connectivity index (χ2v) is 5.63. The molecular weight excluding hydrogens is 302 g/mol. The van der Waals surface area contributed by atoms with E-state index in [9.17, 15) is 4.79 Å². The Morgan fingerprint density at radius 3 is 3.05 bits per heavy atom. The molecule has 0 saturated heterocycles. The molecule has 0 aliphatic carbocycles. The average Bonchev–Trinajstić information content (AvgIpc) is 3.15. The van der Waals surface area contributed by atoms with Crippen molar-refractivity contribution in [1.82, 2.24) is 5.16 Å². The van der Waals surface area contributed by atoms with Crippen molar-refractivity contribution in [2.75, 3.05) is 6.61 Å².